The van der Waals surface area contributed by atoms with Gasteiger partial charge >= 0.3 is 0 Å². The fourth-order valence-corrected chi connectivity index (χ4v) is 2.81. The zero-order valence-electron chi connectivity index (χ0n) is 13.0. The number of benzene rings is 1. The Morgan fingerprint density at radius 3 is 2.30 bits per heavy atom. The maximum atomic E-state index is 11.6. The van der Waals surface area contributed by atoms with Gasteiger partial charge in [0.2, 0.25) is 10.0 Å². The van der Waals surface area contributed by atoms with E-state index in [0.29, 0.717) is 6.54 Å². The Bertz CT molecular complexity index is 496. The van der Waals surface area contributed by atoms with E-state index >= 15 is 0 Å². The Balaban J connectivity index is 2.37. The van der Waals surface area contributed by atoms with Crippen LogP contribution in [-0.2, 0) is 16.6 Å². The van der Waals surface area contributed by atoms with Crippen molar-refractivity contribution in [1.29, 1.82) is 0 Å². The number of rotatable bonds is 8. The number of hydrogen-bond acceptors (Lipinski definition) is 2. The van der Waals surface area contributed by atoms with Gasteiger partial charge in [-0.15, -0.1) is 0 Å². The average molecular weight is 299 g/mol. The molecule has 0 radical (unpaired) electrons. The molecular weight excluding hydrogens is 272 g/mol. The molecule has 0 saturated carbocycles. The molecule has 1 N–H and O–H groups in total. The second kappa shape index (κ2) is 7.20. The summed E-state index contributed by atoms with van der Waals surface area (Å²) in [5.74, 6) is 0. The normalized spacial score (nSPS) is 12.8. The molecule has 1 rings (SSSR count). The standard InChI is InChI=1S/C15H27N2O2S/c1-14(2)20(18,19)16-11-8-12-17(3,4)13-15-9-6-5-7-10-15/h5-7,9-10,14,16H,8,11-13H2,1-4H3/q+1. The summed E-state index contributed by atoms with van der Waals surface area (Å²) in [6.07, 6.45) is 0.839. The van der Waals surface area contributed by atoms with E-state index in [4.69, 9.17) is 0 Å². The van der Waals surface area contributed by atoms with E-state index in [0.717, 1.165) is 24.0 Å². The molecule has 0 saturated heterocycles. The second-order valence-corrected chi connectivity index (χ2v) is 8.47. The highest BCUT2D eigenvalue weighted by molar-refractivity contribution is 7.90. The predicted octanol–water partition coefficient (Wildman–Crippen LogP) is 1.98. The first kappa shape index (κ1) is 17.1. The first-order chi connectivity index (χ1) is 9.23. The number of sulfonamides is 1. The molecule has 1 aromatic rings. The lowest BCUT2D eigenvalue weighted by Crippen LogP contribution is -2.41. The maximum absolute atomic E-state index is 11.6. The highest BCUT2D eigenvalue weighted by atomic mass is 32.2. The molecule has 0 bridgehead atoms. The van der Waals surface area contributed by atoms with Crippen LogP contribution in [0.1, 0.15) is 25.8 Å². The van der Waals surface area contributed by atoms with Crippen molar-refractivity contribution in [3.8, 4) is 0 Å². The second-order valence-electron chi connectivity index (χ2n) is 6.14. The number of nitrogens with zero attached hydrogens (tertiary/aromatic N) is 1. The van der Waals surface area contributed by atoms with Crippen molar-refractivity contribution in [2.45, 2.75) is 32.1 Å². The van der Waals surface area contributed by atoms with Gasteiger partial charge in [-0.05, 0) is 13.8 Å². The molecule has 114 valence electrons. The summed E-state index contributed by atoms with van der Waals surface area (Å²) < 4.78 is 26.8. The molecule has 1 aromatic carbocycles. The molecule has 0 aliphatic rings. The van der Waals surface area contributed by atoms with Crippen LogP contribution in [0.15, 0.2) is 30.3 Å². The highest BCUT2D eigenvalue weighted by Crippen LogP contribution is 2.09. The van der Waals surface area contributed by atoms with Gasteiger partial charge in [-0.2, -0.15) is 0 Å². The zero-order valence-corrected chi connectivity index (χ0v) is 13.8. The van der Waals surface area contributed by atoms with Crippen LogP contribution in [0.2, 0.25) is 0 Å². The van der Waals surface area contributed by atoms with Crippen LogP contribution in [0, 0.1) is 0 Å². The van der Waals surface area contributed by atoms with Crippen LogP contribution in [0.4, 0.5) is 0 Å². The van der Waals surface area contributed by atoms with Crippen molar-refractivity contribution in [3.63, 3.8) is 0 Å². The quantitative estimate of drug-likeness (QED) is 0.589. The first-order valence-corrected chi connectivity index (χ1v) is 8.62. The number of nitrogens with one attached hydrogen (secondary N) is 1. The van der Waals surface area contributed by atoms with Crippen LogP contribution in [-0.4, -0.2) is 45.3 Å². The van der Waals surface area contributed by atoms with Gasteiger partial charge in [0.25, 0.3) is 0 Å². The summed E-state index contributed by atoms with van der Waals surface area (Å²) in [4.78, 5) is 0. The molecule has 4 nitrogen and oxygen atoms in total. The molecule has 0 unspecified atom stereocenters. The van der Waals surface area contributed by atoms with Crippen LogP contribution in [0.3, 0.4) is 0 Å². The van der Waals surface area contributed by atoms with E-state index < -0.39 is 10.0 Å². The van der Waals surface area contributed by atoms with Gasteiger partial charge in [0.05, 0.1) is 25.9 Å². The van der Waals surface area contributed by atoms with E-state index in [9.17, 15) is 8.42 Å². The van der Waals surface area contributed by atoms with Crippen molar-refractivity contribution in [2.75, 3.05) is 27.2 Å². The lowest BCUT2D eigenvalue weighted by molar-refractivity contribution is -0.903. The van der Waals surface area contributed by atoms with Crippen molar-refractivity contribution in [3.05, 3.63) is 35.9 Å². The summed E-state index contributed by atoms with van der Waals surface area (Å²) in [7, 11) is 1.21. The molecule has 0 spiro atoms. The van der Waals surface area contributed by atoms with Crippen molar-refractivity contribution >= 4 is 10.0 Å². The third-order valence-electron chi connectivity index (χ3n) is 3.32. The van der Waals surface area contributed by atoms with E-state index in [2.05, 4.69) is 31.0 Å². The first-order valence-electron chi connectivity index (χ1n) is 7.07. The van der Waals surface area contributed by atoms with Gasteiger partial charge in [0, 0.05) is 18.5 Å². The third kappa shape index (κ3) is 6.03. The largest absolute Gasteiger partial charge is 0.325 e. The number of hydrogen-bond donors (Lipinski definition) is 1. The van der Waals surface area contributed by atoms with Gasteiger partial charge in [-0.25, -0.2) is 13.1 Å². The molecule has 0 amide bonds. The van der Waals surface area contributed by atoms with E-state index in [-0.39, 0.29) is 5.25 Å². The van der Waals surface area contributed by atoms with E-state index in [1.54, 1.807) is 13.8 Å². The maximum Gasteiger partial charge on any atom is 0.213 e. The van der Waals surface area contributed by atoms with Crippen LogP contribution in [0.25, 0.3) is 0 Å². The predicted molar refractivity (Wildman–Crippen MR) is 83.8 cm³/mol. The Morgan fingerprint density at radius 1 is 1.15 bits per heavy atom. The molecule has 5 heteroatoms. The lowest BCUT2D eigenvalue weighted by atomic mass is 10.2. The van der Waals surface area contributed by atoms with Crippen LogP contribution in [0.5, 0.6) is 0 Å². The Labute approximate surface area is 123 Å². The van der Waals surface area contributed by atoms with Crippen molar-refractivity contribution < 1.29 is 12.9 Å². The minimum Gasteiger partial charge on any atom is -0.325 e. The molecule has 20 heavy (non-hydrogen) atoms. The Hall–Kier alpha value is -0.910. The van der Waals surface area contributed by atoms with Crippen LogP contribution < -0.4 is 4.72 Å². The SMILES string of the molecule is CC(C)S(=O)(=O)NCCC[N+](C)(C)Cc1ccccc1. The summed E-state index contributed by atoms with van der Waals surface area (Å²) in [5.41, 5.74) is 1.31. The van der Waals surface area contributed by atoms with E-state index in [1.165, 1.54) is 5.56 Å². The monoisotopic (exact) mass is 299 g/mol. The summed E-state index contributed by atoms with van der Waals surface area (Å²) in [5, 5.41) is -0.366. The van der Waals surface area contributed by atoms with Crippen LogP contribution >= 0.6 is 0 Å². The summed E-state index contributed by atoms with van der Waals surface area (Å²) in [6, 6.07) is 10.4. The smallest absolute Gasteiger partial charge is 0.213 e. The Kier molecular flexibility index (Phi) is 6.17. The van der Waals surface area contributed by atoms with Gasteiger partial charge in [-0.3, -0.25) is 0 Å². The topological polar surface area (TPSA) is 46.2 Å². The third-order valence-corrected chi connectivity index (χ3v) is 5.17. The van der Waals surface area contributed by atoms with Crippen molar-refractivity contribution in [1.82, 2.24) is 4.72 Å². The summed E-state index contributed by atoms with van der Waals surface area (Å²) >= 11 is 0. The fraction of sp³-hybridized carbons (Fsp3) is 0.600. The van der Waals surface area contributed by atoms with E-state index in [1.807, 2.05) is 18.2 Å². The van der Waals surface area contributed by atoms with Gasteiger partial charge < -0.3 is 4.48 Å². The minimum atomic E-state index is -3.13. The zero-order chi connectivity index (χ0) is 15.2. The fourth-order valence-electron chi connectivity index (χ4n) is 2.04. The highest BCUT2D eigenvalue weighted by Gasteiger charge is 2.18. The lowest BCUT2D eigenvalue weighted by Gasteiger charge is -2.30. The van der Waals surface area contributed by atoms with Gasteiger partial charge in [0.15, 0.2) is 0 Å². The molecule has 0 aromatic heterocycles. The molecule has 0 fully saturated rings. The molecule has 0 heterocycles. The molecule has 0 aliphatic carbocycles. The molecule has 0 aliphatic heterocycles. The van der Waals surface area contributed by atoms with Gasteiger partial charge in [-0.1, -0.05) is 30.3 Å². The Morgan fingerprint density at radius 2 is 1.75 bits per heavy atom. The van der Waals surface area contributed by atoms with Crippen molar-refractivity contribution in [2.24, 2.45) is 0 Å². The number of quaternary nitrogens is 1. The average Bonchev–Trinajstić information content (AvgIpc) is 2.35. The molecule has 0 atom stereocenters. The minimum absolute atomic E-state index is 0.366. The summed E-state index contributed by atoms with van der Waals surface area (Å²) in [6.45, 7) is 5.79. The van der Waals surface area contributed by atoms with Gasteiger partial charge in [0.1, 0.15) is 6.54 Å². The molecular formula is C15H27N2O2S+.